The maximum Gasteiger partial charge on any atom is 0.126 e. The van der Waals surface area contributed by atoms with Crippen LogP contribution in [0.1, 0.15) is 11.3 Å². The molecule has 2 heteroatoms. The summed E-state index contributed by atoms with van der Waals surface area (Å²) in [5, 5.41) is 0. The summed E-state index contributed by atoms with van der Waals surface area (Å²) in [6.07, 6.45) is 6.92. The molecule has 0 aliphatic heterocycles. The number of hydrogen-bond acceptors (Lipinski definition) is 2. The van der Waals surface area contributed by atoms with Gasteiger partial charge in [0, 0.05) is 13.1 Å². The zero-order valence-corrected chi connectivity index (χ0v) is 10.8. The molecule has 18 heavy (non-hydrogen) atoms. The second-order valence-corrected chi connectivity index (χ2v) is 4.42. The fourth-order valence-corrected chi connectivity index (χ4v) is 1.79. The van der Waals surface area contributed by atoms with Crippen LogP contribution in [-0.2, 0) is 6.42 Å². The van der Waals surface area contributed by atoms with Crippen molar-refractivity contribution >= 4 is 6.08 Å². The summed E-state index contributed by atoms with van der Waals surface area (Å²) < 4.78 is 5.24. The molecule has 0 aliphatic carbocycles. The first-order valence-corrected chi connectivity index (χ1v) is 6.27. The molecule has 1 aromatic heterocycles. The maximum atomic E-state index is 5.24. The van der Waals surface area contributed by atoms with Gasteiger partial charge in [-0.25, -0.2) is 0 Å². The molecular weight excluding hydrogens is 222 g/mol. The highest BCUT2D eigenvalue weighted by Crippen LogP contribution is 2.03. The molecule has 0 saturated carbocycles. The van der Waals surface area contributed by atoms with Crippen LogP contribution in [0, 0.1) is 0 Å². The topological polar surface area (TPSA) is 16.4 Å². The summed E-state index contributed by atoms with van der Waals surface area (Å²) in [7, 11) is 2.13. The Balaban J connectivity index is 1.71. The molecular formula is C16H19NO. The van der Waals surface area contributed by atoms with Crippen LogP contribution in [0.3, 0.4) is 0 Å². The molecule has 0 saturated heterocycles. The van der Waals surface area contributed by atoms with E-state index in [2.05, 4.69) is 48.4 Å². The number of hydrogen-bond donors (Lipinski definition) is 0. The highest BCUT2D eigenvalue weighted by molar-refractivity contribution is 5.42. The van der Waals surface area contributed by atoms with E-state index in [0.29, 0.717) is 0 Å². The number of likely N-dealkylation sites (N-methyl/N-ethyl adjacent to an activating group) is 1. The van der Waals surface area contributed by atoms with Crippen LogP contribution in [0.2, 0.25) is 0 Å². The molecule has 1 heterocycles. The van der Waals surface area contributed by atoms with Gasteiger partial charge in [0.1, 0.15) is 5.76 Å². The second kappa shape index (κ2) is 6.82. The molecule has 0 radical (unpaired) electrons. The van der Waals surface area contributed by atoms with Gasteiger partial charge in [-0.2, -0.15) is 0 Å². The molecule has 0 N–H and O–H groups in total. The Morgan fingerprint density at radius 1 is 1.11 bits per heavy atom. The van der Waals surface area contributed by atoms with Crippen LogP contribution in [0.4, 0.5) is 0 Å². The molecule has 0 unspecified atom stereocenters. The Kier molecular flexibility index (Phi) is 4.79. The van der Waals surface area contributed by atoms with Gasteiger partial charge in [0.25, 0.3) is 0 Å². The summed E-state index contributed by atoms with van der Waals surface area (Å²) in [4.78, 5) is 2.30. The fraction of sp³-hybridized carbons (Fsp3) is 0.250. The van der Waals surface area contributed by atoms with Crippen molar-refractivity contribution in [3.05, 3.63) is 66.1 Å². The van der Waals surface area contributed by atoms with E-state index < -0.39 is 0 Å². The summed E-state index contributed by atoms with van der Waals surface area (Å²) in [5.41, 5.74) is 1.39. The van der Waals surface area contributed by atoms with E-state index in [-0.39, 0.29) is 0 Å². The van der Waals surface area contributed by atoms with Crippen molar-refractivity contribution in [2.75, 3.05) is 20.1 Å². The number of benzene rings is 1. The Labute approximate surface area is 109 Å². The summed E-state index contributed by atoms with van der Waals surface area (Å²) >= 11 is 0. The molecule has 1 aromatic carbocycles. The van der Waals surface area contributed by atoms with Gasteiger partial charge in [-0.15, -0.1) is 0 Å². The van der Waals surface area contributed by atoms with Crippen molar-refractivity contribution in [2.45, 2.75) is 6.42 Å². The number of rotatable bonds is 6. The normalized spacial score (nSPS) is 11.4. The molecule has 0 spiro atoms. The van der Waals surface area contributed by atoms with Crippen LogP contribution >= 0.6 is 0 Å². The minimum absolute atomic E-state index is 0.909. The number of nitrogens with zero attached hydrogens (tertiary/aromatic N) is 1. The van der Waals surface area contributed by atoms with Crippen LogP contribution < -0.4 is 0 Å². The molecule has 94 valence electrons. The molecule has 0 aliphatic rings. The first kappa shape index (κ1) is 12.7. The second-order valence-electron chi connectivity index (χ2n) is 4.42. The molecule has 0 fully saturated rings. The Hall–Kier alpha value is -1.80. The van der Waals surface area contributed by atoms with Crippen LogP contribution in [0.25, 0.3) is 6.08 Å². The maximum absolute atomic E-state index is 5.24. The minimum atomic E-state index is 0.909. The third kappa shape index (κ3) is 4.22. The molecule has 0 amide bonds. The van der Waals surface area contributed by atoms with Gasteiger partial charge >= 0.3 is 0 Å². The van der Waals surface area contributed by atoms with Crippen LogP contribution in [-0.4, -0.2) is 25.0 Å². The zero-order valence-electron chi connectivity index (χ0n) is 10.8. The highest BCUT2D eigenvalue weighted by Gasteiger charge is 1.97. The zero-order chi connectivity index (χ0) is 12.6. The van der Waals surface area contributed by atoms with E-state index in [1.165, 1.54) is 5.56 Å². The third-order valence-corrected chi connectivity index (χ3v) is 2.87. The van der Waals surface area contributed by atoms with Gasteiger partial charge in [0.15, 0.2) is 0 Å². The molecule has 2 aromatic rings. The largest absolute Gasteiger partial charge is 0.465 e. The van der Waals surface area contributed by atoms with Crippen LogP contribution in [0.5, 0.6) is 0 Å². The van der Waals surface area contributed by atoms with E-state index in [4.69, 9.17) is 4.42 Å². The molecule has 0 atom stereocenters. The van der Waals surface area contributed by atoms with Gasteiger partial charge in [-0.05, 0) is 37.2 Å². The van der Waals surface area contributed by atoms with Gasteiger partial charge < -0.3 is 9.32 Å². The van der Waals surface area contributed by atoms with Gasteiger partial charge in [-0.3, -0.25) is 0 Å². The quantitative estimate of drug-likeness (QED) is 0.770. The summed E-state index contributed by atoms with van der Waals surface area (Å²) in [6, 6.07) is 14.4. The Bertz CT molecular complexity index is 459. The fourth-order valence-electron chi connectivity index (χ4n) is 1.79. The van der Waals surface area contributed by atoms with E-state index in [1.807, 2.05) is 18.2 Å². The minimum Gasteiger partial charge on any atom is -0.465 e. The van der Waals surface area contributed by atoms with E-state index in [0.717, 1.165) is 25.3 Å². The van der Waals surface area contributed by atoms with Crippen LogP contribution in [0.15, 0.2) is 59.2 Å². The van der Waals surface area contributed by atoms with Gasteiger partial charge in [-0.1, -0.05) is 36.4 Å². The SMILES string of the molecule is CN(CC=Cc1ccco1)CCc1ccccc1. The van der Waals surface area contributed by atoms with Crippen molar-refractivity contribution in [2.24, 2.45) is 0 Å². The molecule has 0 bridgehead atoms. The van der Waals surface area contributed by atoms with E-state index >= 15 is 0 Å². The lowest BCUT2D eigenvalue weighted by atomic mass is 10.1. The molecule has 2 rings (SSSR count). The van der Waals surface area contributed by atoms with Crippen molar-refractivity contribution in [3.8, 4) is 0 Å². The highest BCUT2D eigenvalue weighted by atomic mass is 16.3. The monoisotopic (exact) mass is 241 g/mol. The van der Waals surface area contributed by atoms with Crippen molar-refractivity contribution in [3.63, 3.8) is 0 Å². The van der Waals surface area contributed by atoms with Gasteiger partial charge in [0.2, 0.25) is 0 Å². The van der Waals surface area contributed by atoms with E-state index in [1.54, 1.807) is 6.26 Å². The first-order valence-electron chi connectivity index (χ1n) is 6.27. The third-order valence-electron chi connectivity index (χ3n) is 2.87. The molecule has 2 nitrogen and oxygen atoms in total. The summed E-state index contributed by atoms with van der Waals surface area (Å²) in [6.45, 7) is 2.00. The van der Waals surface area contributed by atoms with Crippen molar-refractivity contribution in [1.82, 2.24) is 4.90 Å². The number of furan rings is 1. The van der Waals surface area contributed by atoms with Crippen molar-refractivity contribution in [1.29, 1.82) is 0 Å². The smallest absolute Gasteiger partial charge is 0.126 e. The lowest BCUT2D eigenvalue weighted by molar-refractivity contribution is 0.375. The van der Waals surface area contributed by atoms with Gasteiger partial charge in [0.05, 0.1) is 6.26 Å². The average Bonchev–Trinajstić information content (AvgIpc) is 2.91. The summed E-state index contributed by atoms with van der Waals surface area (Å²) in [5.74, 6) is 0.909. The first-order chi connectivity index (χ1) is 8.84. The predicted molar refractivity (Wildman–Crippen MR) is 75.4 cm³/mol. The average molecular weight is 241 g/mol. The van der Waals surface area contributed by atoms with Crippen molar-refractivity contribution < 1.29 is 4.42 Å². The van der Waals surface area contributed by atoms with E-state index in [9.17, 15) is 0 Å². The Morgan fingerprint density at radius 2 is 1.94 bits per heavy atom. The lowest BCUT2D eigenvalue weighted by Gasteiger charge is -2.13. The standard InChI is InChI=1S/C16H19NO/c1-17(12-5-9-16-10-6-14-18-16)13-11-15-7-3-2-4-8-15/h2-10,14H,11-13H2,1H3. The predicted octanol–water partition coefficient (Wildman–Crippen LogP) is 3.47. The Morgan fingerprint density at radius 3 is 2.67 bits per heavy atom. The lowest BCUT2D eigenvalue weighted by Crippen LogP contribution is -2.21.